The Hall–Kier alpha value is -5.71. The molecule has 9 rings (SSSR count). The number of urea groups is 1. The van der Waals surface area contributed by atoms with Crippen LogP contribution in [0.3, 0.4) is 0 Å². The first-order valence-electron chi connectivity index (χ1n) is 18.5. The van der Waals surface area contributed by atoms with Gasteiger partial charge in [-0.1, -0.05) is 6.07 Å². The van der Waals surface area contributed by atoms with E-state index in [1.807, 2.05) is 27.5 Å². The Bertz CT molecular complexity index is 2320. The molecule has 286 valence electrons. The number of pyridine rings is 2. The van der Waals surface area contributed by atoms with E-state index in [0.29, 0.717) is 47.3 Å². The number of amides is 4. The molecule has 0 spiro atoms. The number of benzene rings is 1. The number of carbonyl (C=O) groups is 3. The van der Waals surface area contributed by atoms with E-state index in [1.165, 1.54) is 13.2 Å². The van der Waals surface area contributed by atoms with E-state index >= 15 is 0 Å². The van der Waals surface area contributed by atoms with Crippen LogP contribution in [0.2, 0.25) is 0 Å². The lowest BCUT2D eigenvalue weighted by atomic mass is 9.85. The van der Waals surface area contributed by atoms with Crippen molar-refractivity contribution in [1.82, 2.24) is 34.4 Å². The number of imide groups is 1. The number of nitrogens with one attached hydrogen (secondary N) is 2. The van der Waals surface area contributed by atoms with E-state index in [9.17, 15) is 27.6 Å². The lowest BCUT2D eigenvalue weighted by Gasteiger charge is -2.38. The summed E-state index contributed by atoms with van der Waals surface area (Å²) >= 11 is 0. The number of ether oxygens (including phenoxy) is 1. The number of aromatic nitrogens is 5. The van der Waals surface area contributed by atoms with Crippen LogP contribution >= 0.6 is 0 Å². The van der Waals surface area contributed by atoms with Gasteiger partial charge in [-0.25, -0.2) is 14.8 Å². The van der Waals surface area contributed by atoms with Crippen molar-refractivity contribution >= 4 is 51.6 Å². The second-order valence-electron chi connectivity index (χ2n) is 14.9. The van der Waals surface area contributed by atoms with E-state index < -0.39 is 23.8 Å². The van der Waals surface area contributed by atoms with Gasteiger partial charge in [-0.3, -0.25) is 33.8 Å². The number of likely N-dealkylation sites (tertiary alicyclic amines) is 1. The van der Waals surface area contributed by atoms with Gasteiger partial charge in [0.05, 0.1) is 36.2 Å². The van der Waals surface area contributed by atoms with Gasteiger partial charge in [0.2, 0.25) is 5.91 Å². The molecule has 4 aliphatic rings. The standard InChI is InChI=1S/C38H39F3N10O4/c1-55-31-16-28-23(14-29(31)44-36(53)27-4-2-6-32(43-27)38(39,40)41)19-51(46-28)24-9-7-22(8-10-24)18-47-20-26-15-25(47)21-50(26)30-5-3-12-48-34(17-42-35(30)48)49-13-11-33(52)45-37(49)54/h2-6,12,14,16-17,19,22,24-26H,7-11,13,15,18,20-21H2,1H3,(H,44,53)(H,45,52,54)/t22?,24?,25-,26-/m0/s1. The van der Waals surface area contributed by atoms with Crippen molar-refractivity contribution in [1.29, 1.82) is 0 Å². The number of alkyl halides is 3. The third-order valence-electron chi connectivity index (χ3n) is 11.5. The summed E-state index contributed by atoms with van der Waals surface area (Å²) in [5.74, 6) is 0.535. The van der Waals surface area contributed by atoms with Gasteiger partial charge in [0.1, 0.15) is 23.0 Å². The molecule has 1 saturated carbocycles. The first kappa shape index (κ1) is 35.0. The maximum atomic E-state index is 13.2. The molecule has 4 aromatic heterocycles. The van der Waals surface area contributed by atoms with Crippen molar-refractivity contribution in [2.45, 2.75) is 62.8 Å². The zero-order valence-corrected chi connectivity index (χ0v) is 30.0. The molecule has 4 fully saturated rings. The molecular formula is C38H39F3N10O4. The molecule has 1 aromatic carbocycles. The van der Waals surface area contributed by atoms with Crippen molar-refractivity contribution in [2.24, 2.45) is 5.92 Å². The number of hydrogen-bond acceptors (Lipinski definition) is 9. The summed E-state index contributed by atoms with van der Waals surface area (Å²) in [7, 11) is 1.46. The number of imidazole rings is 1. The highest BCUT2D eigenvalue weighted by Gasteiger charge is 2.45. The Kier molecular flexibility index (Phi) is 8.62. The third kappa shape index (κ3) is 6.49. The second-order valence-corrected chi connectivity index (χ2v) is 14.9. The van der Waals surface area contributed by atoms with Crippen molar-refractivity contribution in [3.8, 4) is 5.75 Å². The number of nitrogens with zero attached hydrogens (tertiary/aromatic N) is 8. The summed E-state index contributed by atoms with van der Waals surface area (Å²) in [4.78, 5) is 52.0. The van der Waals surface area contributed by atoms with Crippen LogP contribution < -0.4 is 25.2 Å². The van der Waals surface area contributed by atoms with Gasteiger partial charge in [-0.15, -0.1) is 0 Å². The third-order valence-corrected chi connectivity index (χ3v) is 11.5. The zero-order chi connectivity index (χ0) is 38.0. The number of anilines is 3. The zero-order valence-electron chi connectivity index (χ0n) is 30.0. The van der Waals surface area contributed by atoms with Crippen LogP contribution in [0.15, 0.2) is 61.1 Å². The molecule has 0 radical (unpaired) electrons. The molecule has 7 heterocycles. The molecule has 4 amide bonds. The molecule has 2 N–H and O–H groups in total. The summed E-state index contributed by atoms with van der Waals surface area (Å²) < 4.78 is 48.9. The molecule has 3 saturated heterocycles. The highest BCUT2D eigenvalue weighted by atomic mass is 19.4. The Labute approximate surface area is 313 Å². The number of fused-ring (bicyclic) bond motifs is 4. The van der Waals surface area contributed by atoms with Crippen LogP contribution in [0.25, 0.3) is 16.6 Å². The second kappa shape index (κ2) is 13.5. The summed E-state index contributed by atoms with van der Waals surface area (Å²) in [6.45, 7) is 3.29. The molecule has 0 unspecified atom stereocenters. The topological polar surface area (TPSA) is 142 Å². The number of rotatable bonds is 8. The SMILES string of the molecule is COc1cc2nn(C3CCC(CN4C[C@@H]5C[C@H]4CN5c4cccn5c(N6CCC(=O)NC6=O)cnc45)CC3)cc2cc1NC(=O)c1cccc(C(F)(F)F)n1. The van der Waals surface area contributed by atoms with E-state index in [0.717, 1.165) is 80.6 Å². The normalized spacial score (nSPS) is 23.2. The molecule has 14 nitrogen and oxygen atoms in total. The van der Waals surface area contributed by atoms with Crippen LogP contribution in [0, 0.1) is 5.92 Å². The van der Waals surface area contributed by atoms with Gasteiger partial charge in [0.25, 0.3) is 5.91 Å². The molecule has 17 heteroatoms. The molecular weight excluding hydrogens is 717 g/mol. The van der Waals surface area contributed by atoms with E-state index in [-0.39, 0.29) is 24.1 Å². The largest absolute Gasteiger partial charge is 0.494 e. The fourth-order valence-electron chi connectivity index (χ4n) is 8.81. The number of methoxy groups -OCH3 is 1. The maximum absolute atomic E-state index is 13.2. The van der Waals surface area contributed by atoms with Gasteiger partial charge in [0.15, 0.2) is 5.65 Å². The number of carbonyl (C=O) groups excluding carboxylic acids is 3. The quantitative estimate of drug-likeness (QED) is 0.210. The predicted molar refractivity (Wildman–Crippen MR) is 196 cm³/mol. The van der Waals surface area contributed by atoms with Crippen LogP contribution in [-0.2, 0) is 11.0 Å². The number of halogens is 3. The monoisotopic (exact) mass is 756 g/mol. The molecule has 1 aliphatic carbocycles. The van der Waals surface area contributed by atoms with Gasteiger partial charge in [-0.2, -0.15) is 18.3 Å². The highest BCUT2D eigenvalue weighted by Crippen LogP contribution is 2.40. The molecule has 2 atom stereocenters. The van der Waals surface area contributed by atoms with Gasteiger partial charge in [0, 0.05) is 68.5 Å². The van der Waals surface area contributed by atoms with Crippen LogP contribution in [0.4, 0.5) is 35.2 Å². The van der Waals surface area contributed by atoms with E-state index in [1.54, 1.807) is 23.2 Å². The van der Waals surface area contributed by atoms with Gasteiger partial charge >= 0.3 is 12.2 Å². The first-order chi connectivity index (χ1) is 26.5. The van der Waals surface area contributed by atoms with Crippen molar-refractivity contribution in [3.63, 3.8) is 0 Å². The Morgan fingerprint density at radius 2 is 1.87 bits per heavy atom. The minimum atomic E-state index is -4.66. The molecule has 5 aromatic rings. The van der Waals surface area contributed by atoms with E-state index in [4.69, 9.17) is 14.8 Å². The van der Waals surface area contributed by atoms with Crippen LogP contribution in [0.5, 0.6) is 5.75 Å². The summed E-state index contributed by atoms with van der Waals surface area (Å²) in [6.07, 6.45) is 6.40. The lowest BCUT2D eigenvalue weighted by Crippen LogP contribution is -2.50. The Morgan fingerprint density at radius 3 is 2.62 bits per heavy atom. The lowest BCUT2D eigenvalue weighted by molar-refractivity contribution is -0.141. The molecule has 55 heavy (non-hydrogen) atoms. The first-order valence-corrected chi connectivity index (χ1v) is 18.5. The minimum Gasteiger partial charge on any atom is -0.494 e. The number of hydrogen-bond donors (Lipinski definition) is 2. The predicted octanol–water partition coefficient (Wildman–Crippen LogP) is 5.50. The molecule has 3 aliphatic heterocycles. The highest BCUT2D eigenvalue weighted by molar-refractivity contribution is 6.06. The van der Waals surface area contributed by atoms with Crippen molar-refractivity contribution in [3.05, 3.63) is 72.4 Å². The van der Waals surface area contributed by atoms with Crippen LogP contribution in [0.1, 0.15) is 60.7 Å². The van der Waals surface area contributed by atoms with Gasteiger partial charge < -0.3 is 15.0 Å². The number of piperazine rings is 1. The maximum Gasteiger partial charge on any atom is 0.433 e. The van der Waals surface area contributed by atoms with E-state index in [2.05, 4.69) is 31.5 Å². The average Bonchev–Trinajstić information content (AvgIpc) is 3.98. The Balaban J connectivity index is 0.815. The fraction of sp³-hybridized carbons (Fsp3) is 0.421. The summed E-state index contributed by atoms with van der Waals surface area (Å²) in [5, 5.41) is 10.7. The van der Waals surface area contributed by atoms with Crippen molar-refractivity contribution in [2.75, 3.05) is 48.4 Å². The smallest absolute Gasteiger partial charge is 0.433 e. The van der Waals surface area contributed by atoms with Crippen molar-refractivity contribution < 1.29 is 32.3 Å². The Morgan fingerprint density at radius 1 is 1.04 bits per heavy atom. The fourth-order valence-corrected chi connectivity index (χ4v) is 8.81. The van der Waals surface area contributed by atoms with Gasteiger partial charge in [-0.05, 0) is 68.4 Å². The summed E-state index contributed by atoms with van der Waals surface area (Å²) in [5.41, 5.74) is 1.39. The minimum absolute atomic E-state index is 0.226. The van der Waals surface area contributed by atoms with Crippen LogP contribution in [-0.4, -0.2) is 92.3 Å². The average molecular weight is 757 g/mol. The molecule has 2 bridgehead atoms. The summed E-state index contributed by atoms with van der Waals surface area (Å²) in [6, 6.07) is 11.4.